The van der Waals surface area contributed by atoms with Crippen molar-refractivity contribution >= 4 is 39.5 Å². The zero-order chi connectivity index (χ0) is 64.3. The maximum atomic E-state index is 13.0. The van der Waals surface area contributed by atoms with Gasteiger partial charge in [0.2, 0.25) is 0 Å². The van der Waals surface area contributed by atoms with Gasteiger partial charge in [0.05, 0.1) is 26.4 Å². The van der Waals surface area contributed by atoms with Crippen LogP contribution in [0, 0.1) is 11.8 Å². The number of ether oxygens (including phenoxy) is 4. The predicted molar refractivity (Wildman–Crippen MR) is 349 cm³/mol. The number of aliphatic hydroxyl groups excluding tert-OH is 1. The van der Waals surface area contributed by atoms with Gasteiger partial charge in [0, 0.05) is 25.7 Å². The van der Waals surface area contributed by atoms with Crippen molar-refractivity contribution in [3.8, 4) is 0 Å². The van der Waals surface area contributed by atoms with Gasteiger partial charge in [-0.05, 0) is 37.5 Å². The van der Waals surface area contributed by atoms with Crippen molar-refractivity contribution in [2.75, 3.05) is 39.6 Å². The Balaban J connectivity index is 5.18. The number of phosphoric acid groups is 2. The van der Waals surface area contributed by atoms with Crippen LogP contribution in [-0.2, 0) is 65.4 Å². The van der Waals surface area contributed by atoms with Crippen LogP contribution in [0.2, 0.25) is 0 Å². The second kappa shape index (κ2) is 60.3. The van der Waals surface area contributed by atoms with E-state index < -0.39 is 97.5 Å². The van der Waals surface area contributed by atoms with Crippen molar-refractivity contribution in [1.29, 1.82) is 0 Å². The Bertz CT molecular complexity index is 1700. The summed E-state index contributed by atoms with van der Waals surface area (Å²) in [6.45, 7) is 9.50. The lowest BCUT2D eigenvalue weighted by Gasteiger charge is -2.21. The van der Waals surface area contributed by atoms with Gasteiger partial charge in [-0.3, -0.25) is 37.3 Å². The lowest BCUT2D eigenvalue weighted by Crippen LogP contribution is -2.30. The van der Waals surface area contributed by atoms with Crippen LogP contribution in [0.15, 0.2) is 0 Å². The third kappa shape index (κ3) is 62.6. The fourth-order valence-corrected chi connectivity index (χ4v) is 11.8. The minimum absolute atomic E-state index is 0.104. The van der Waals surface area contributed by atoms with Gasteiger partial charge in [-0.15, -0.1) is 0 Å². The summed E-state index contributed by atoms with van der Waals surface area (Å²) in [5, 5.41) is 10.5. The van der Waals surface area contributed by atoms with Gasteiger partial charge < -0.3 is 33.8 Å². The molecule has 3 N–H and O–H groups in total. The molecule has 0 rings (SSSR count). The molecular formula is C68H132O17P2. The summed E-state index contributed by atoms with van der Waals surface area (Å²) in [5.74, 6) is -0.557. The number of hydrogen-bond acceptors (Lipinski definition) is 15. The van der Waals surface area contributed by atoms with E-state index in [0.29, 0.717) is 25.7 Å². The van der Waals surface area contributed by atoms with Crippen LogP contribution in [0.3, 0.4) is 0 Å². The summed E-state index contributed by atoms with van der Waals surface area (Å²) in [6.07, 6.45) is 44.6. The Morgan fingerprint density at radius 3 is 0.782 bits per heavy atom. The van der Waals surface area contributed by atoms with Gasteiger partial charge in [0.1, 0.15) is 19.3 Å². The van der Waals surface area contributed by atoms with E-state index in [4.69, 9.17) is 37.0 Å². The van der Waals surface area contributed by atoms with Gasteiger partial charge >= 0.3 is 39.5 Å². The van der Waals surface area contributed by atoms with Crippen molar-refractivity contribution in [3.05, 3.63) is 0 Å². The number of esters is 4. The van der Waals surface area contributed by atoms with Gasteiger partial charge in [0.25, 0.3) is 0 Å². The van der Waals surface area contributed by atoms with Gasteiger partial charge in [-0.1, -0.05) is 292 Å². The highest BCUT2D eigenvalue weighted by Crippen LogP contribution is 2.45. The summed E-state index contributed by atoms with van der Waals surface area (Å²) < 4.78 is 68.0. The fourth-order valence-electron chi connectivity index (χ4n) is 10.2. The van der Waals surface area contributed by atoms with Gasteiger partial charge in [-0.25, -0.2) is 9.13 Å². The summed E-state index contributed by atoms with van der Waals surface area (Å²) in [4.78, 5) is 72.2. The van der Waals surface area contributed by atoms with E-state index in [2.05, 4.69) is 41.5 Å². The Kier molecular flexibility index (Phi) is 59.0. The molecule has 0 heterocycles. The average Bonchev–Trinajstić information content (AvgIpc) is 3.68. The SMILES string of the molecule is CCCCCCCCCCC(=O)O[C@H](COC(=O)CCCCCCCCC)COP(=O)(O)OC[C@H](O)COP(=O)(O)OC[C@@H](COC(=O)CCCCCCCCCCCCCCC(C)C)OC(=O)CCCCCCCCCCCCCCCCC(C)C. The zero-order valence-corrected chi connectivity index (χ0v) is 58.1. The molecule has 2 unspecified atom stereocenters. The third-order valence-corrected chi connectivity index (χ3v) is 17.6. The second-order valence-electron chi connectivity index (χ2n) is 25.5. The van der Waals surface area contributed by atoms with E-state index in [-0.39, 0.29) is 25.7 Å². The highest BCUT2D eigenvalue weighted by molar-refractivity contribution is 7.47. The Labute approximate surface area is 530 Å². The summed E-state index contributed by atoms with van der Waals surface area (Å²) in [5.41, 5.74) is 0. The first-order chi connectivity index (χ1) is 41.9. The fraction of sp³-hybridized carbons (Fsp3) is 0.941. The van der Waals surface area contributed by atoms with Crippen molar-refractivity contribution in [3.63, 3.8) is 0 Å². The molecule has 0 aliphatic rings. The van der Waals surface area contributed by atoms with Crippen molar-refractivity contribution < 1.29 is 80.2 Å². The maximum absolute atomic E-state index is 13.0. The first-order valence-electron chi connectivity index (χ1n) is 35.5. The molecule has 0 saturated carbocycles. The molecule has 0 aliphatic heterocycles. The topological polar surface area (TPSA) is 237 Å². The molecule has 0 aromatic rings. The number of carbonyl (C=O) groups is 4. The average molecular weight is 1280 g/mol. The van der Waals surface area contributed by atoms with Crippen LogP contribution in [0.4, 0.5) is 0 Å². The molecule has 19 heteroatoms. The smallest absolute Gasteiger partial charge is 0.462 e. The number of hydrogen-bond donors (Lipinski definition) is 3. The number of unbranched alkanes of at least 4 members (excludes halogenated alkanes) is 37. The highest BCUT2D eigenvalue weighted by Gasteiger charge is 2.30. The van der Waals surface area contributed by atoms with E-state index >= 15 is 0 Å². The molecule has 516 valence electrons. The van der Waals surface area contributed by atoms with Crippen LogP contribution < -0.4 is 0 Å². The molecule has 87 heavy (non-hydrogen) atoms. The number of aliphatic hydroxyl groups is 1. The van der Waals surface area contributed by atoms with Crippen molar-refractivity contribution in [1.82, 2.24) is 0 Å². The molecule has 0 radical (unpaired) electrons. The van der Waals surface area contributed by atoms with Crippen LogP contribution in [0.1, 0.15) is 343 Å². The minimum atomic E-state index is -4.95. The summed E-state index contributed by atoms with van der Waals surface area (Å²) in [7, 11) is -9.89. The molecule has 17 nitrogen and oxygen atoms in total. The first-order valence-corrected chi connectivity index (χ1v) is 38.5. The molecule has 0 spiro atoms. The highest BCUT2D eigenvalue weighted by atomic mass is 31.2. The summed E-state index contributed by atoms with van der Waals surface area (Å²) in [6, 6.07) is 0. The quantitative estimate of drug-likeness (QED) is 0.0222. The van der Waals surface area contributed by atoms with Gasteiger partial charge in [-0.2, -0.15) is 0 Å². The predicted octanol–water partition coefficient (Wildman–Crippen LogP) is 19.2. The molecule has 0 saturated heterocycles. The van der Waals surface area contributed by atoms with Crippen LogP contribution in [-0.4, -0.2) is 96.7 Å². The molecule has 0 aromatic carbocycles. The molecule has 0 aliphatic carbocycles. The van der Waals surface area contributed by atoms with Crippen LogP contribution >= 0.6 is 15.6 Å². The zero-order valence-electron chi connectivity index (χ0n) is 56.3. The molecule has 0 amide bonds. The van der Waals surface area contributed by atoms with Gasteiger partial charge in [0.15, 0.2) is 12.2 Å². The standard InChI is InChI=1S/C68H132O17P2/c1-7-9-11-13-15-33-40-46-52-67(72)84-63(56-78-65(70)50-44-38-30-14-12-10-8-2)58-82-86(74,75)80-54-62(69)55-81-87(76,77)83-59-64(57-79-66(71)51-45-39-34-28-24-21-20-23-27-32-37-43-49-61(5)6)85-68(73)53-47-41-35-29-25-19-17-16-18-22-26-31-36-42-48-60(3)4/h60-64,69H,7-59H2,1-6H3,(H,74,75)(H,76,77)/t62-,63+,64+/m0/s1. The van der Waals surface area contributed by atoms with Crippen LogP contribution in [0.5, 0.6) is 0 Å². The molecular weight excluding hydrogens is 1150 g/mol. The first kappa shape index (κ1) is 85.1. The third-order valence-electron chi connectivity index (χ3n) is 15.7. The van der Waals surface area contributed by atoms with Crippen molar-refractivity contribution in [2.45, 2.75) is 362 Å². The van der Waals surface area contributed by atoms with E-state index in [9.17, 15) is 43.2 Å². The minimum Gasteiger partial charge on any atom is -0.462 e. The summed E-state index contributed by atoms with van der Waals surface area (Å²) >= 11 is 0. The van der Waals surface area contributed by atoms with E-state index in [1.807, 2.05) is 0 Å². The second-order valence-corrected chi connectivity index (χ2v) is 28.4. The van der Waals surface area contributed by atoms with E-state index in [0.717, 1.165) is 121 Å². The molecule has 0 bridgehead atoms. The molecule has 0 aromatic heterocycles. The monoisotopic (exact) mass is 1280 g/mol. The Morgan fingerprint density at radius 2 is 0.529 bits per heavy atom. The van der Waals surface area contributed by atoms with Crippen molar-refractivity contribution in [2.24, 2.45) is 11.8 Å². The molecule has 5 atom stereocenters. The maximum Gasteiger partial charge on any atom is 0.472 e. The largest absolute Gasteiger partial charge is 0.472 e. The van der Waals surface area contributed by atoms with E-state index in [1.165, 1.54) is 141 Å². The number of rotatable bonds is 67. The lowest BCUT2D eigenvalue weighted by molar-refractivity contribution is -0.161. The Hall–Kier alpha value is -1.94. The lowest BCUT2D eigenvalue weighted by atomic mass is 10.0. The Morgan fingerprint density at radius 1 is 0.310 bits per heavy atom. The number of carbonyl (C=O) groups excluding carboxylic acids is 4. The van der Waals surface area contributed by atoms with Crippen LogP contribution in [0.25, 0.3) is 0 Å². The normalized spacial score (nSPS) is 14.2. The number of phosphoric ester groups is 2. The van der Waals surface area contributed by atoms with E-state index in [1.54, 1.807) is 0 Å². The molecule has 0 fully saturated rings.